The summed E-state index contributed by atoms with van der Waals surface area (Å²) in [5.74, 6) is 4.30. The molecule has 5 nitrogen and oxygen atoms in total. The molecule has 1 aromatic heterocycles. The maximum Gasteiger partial charge on any atom is 0.270 e. The number of hydrogen-bond donors (Lipinski definition) is 2. The van der Waals surface area contributed by atoms with Crippen LogP contribution in [0.25, 0.3) is 0 Å². The van der Waals surface area contributed by atoms with E-state index >= 15 is 0 Å². The summed E-state index contributed by atoms with van der Waals surface area (Å²) >= 11 is 0. The summed E-state index contributed by atoms with van der Waals surface area (Å²) in [4.78, 5) is 22.2. The molecule has 1 amide bonds. The van der Waals surface area contributed by atoms with Crippen molar-refractivity contribution in [2.75, 3.05) is 0 Å². The second-order valence-corrected chi connectivity index (χ2v) is 2.31. The first-order valence-corrected chi connectivity index (χ1v) is 3.33. The van der Waals surface area contributed by atoms with Crippen molar-refractivity contribution in [2.45, 2.75) is 0 Å². The van der Waals surface area contributed by atoms with Gasteiger partial charge in [-0.2, -0.15) is 0 Å². The third kappa shape index (κ3) is 1.35. The van der Waals surface area contributed by atoms with E-state index in [1.807, 2.05) is 5.43 Å². The number of nitrogen functional groups attached to an aromatic ring is 1. The maximum absolute atomic E-state index is 11.2. The molecule has 0 spiro atoms. The number of carbonyl (C=O) groups is 1. The molecule has 1 rings (SSSR count). The van der Waals surface area contributed by atoms with E-state index in [0.717, 1.165) is 0 Å². The van der Waals surface area contributed by atoms with Gasteiger partial charge in [0.25, 0.3) is 11.5 Å². The molecule has 12 heavy (non-hydrogen) atoms. The van der Waals surface area contributed by atoms with Gasteiger partial charge in [-0.1, -0.05) is 0 Å². The van der Waals surface area contributed by atoms with Crippen LogP contribution in [0.3, 0.4) is 0 Å². The Hall–Kier alpha value is -1.62. The first kappa shape index (κ1) is 8.48. The number of pyridine rings is 1. The first-order valence-electron chi connectivity index (χ1n) is 3.33. The number of nitrogens with zero attached hydrogens (tertiary/aromatic N) is 1. The summed E-state index contributed by atoms with van der Waals surface area (Å²) < 4.78 is 1.31. The number of amides is 1. The lowest BCUT2D eigenvalue weighted by atomic mass is 10.2. The van der Waals surface area contributed by atoms with E-state index in [1.54, 1.807) is 19.3 Å². The van der Waals surface area contributed by atoms with Gasteiger partial charge in [0, 0.05) is 13.2 Å². The minimum atomic E-state index is -0.573. The highest BCUT2D eigenvalue weighted by atomic mass is 16.2. The predicted octanol–water partition coefficient (Wildman–Crippen LogP) is -1.01. The molecule has 0 radical (unpaired) electrons. The zero-order valence-corrected chi connectivity index (χ0v) is 6.57. The monoisotopic (exact) mass is 167 g/mol. The van der Waals surface area contributed by atoms with Gasteiger partial charge in [-0.25, -0.2) is 5.84 Å². The molecule has 5 heteroatoms. The van der Waals surface area contributed by atoms with Crippen molar-refractivity contribution in [1.29, 1.82) is 0 Å². The molecule has 3 N–H and O–H groups in total. The number of nitrogens with two attached hydrogens (primary N) is 1. The Bertz CT molecular complexity index is 356. The van der Waals surface area contributed by atoms with Crippen molar-refractivity contribution in [3.05, 3.63) is 34.2 Å². The van der Waals surface area contributed by atoms with Crippen LogP contribution in [0.15, 0.2) is 23.1 Å². The molecule has 0 fully saturated rings. The quantitative estimate of drug-likeness (QED) is 0.319. The minimum Gasteiger partial charge on any atom is -0.318 e. The van der Waals surface area contributed by atoms with Gasteiger partial charge in [-0.15, -0.1) is 0 Å². The molecule has 0 aliphatic carbocycles. The fraction of sp³-hybridized carbons (Fsp3) is 0.143. The fourth-order valence-electron chi connectivity index (χ4n) is 0.848. The number of aromatic nitrogens is 1. The molecular formula is C7H9N3O2. The molecular weight excluding hydrogens is 158 g/mol. The van der Waals surface area contributed by atoms with Crippen LogP contribution in [-0.2, 0) is 7.05 Å². The summed E-state index contributed by atoms with van der Waals surface area (Å²) in [5.41, 5.74) is 1.58. The SMILES string of the molecule is Cn1cccc(C(=O)NN)c1=O. The van der Waals surface area contributed by atoms with Crippen LogP contribution in [-0.4, -0.2) is 10.5 Å². The van der Waals surface area contributed by atoms with Gasteiger partial charge in [0.05, 0.1) is 0 Å². The van der Waals surface area contributed by atoms with Gasteiger partial charge in [-0.05, 0) is 12.1 Å². The average molecular weight is 167 g/mol. The van der Waals surface area contributed by atoms with E-state index in [9.17, 15) is 9.59 Å². The van der Waals surface area contributed by atoms with Crippen molar-refractivity contribution in [2.24, 2.45) is 12.9 Å². The third-order valence-corrected chi connectivity index (χ3v) is 1.50. The summed E-state index contributed by atoms with van der Waals surface area (Å²) in [6, 6.07) is 3.02. The lowest BCUT2D eigenvalue weighted by molar-refractivity contribution is 0.0951. The first-order chi connectivity index (χ1) is 5.66. The molecule has 0 atom stereocenters. The predicted molar refractivity (Wildman–Crippen MR) is 43.3 cm³/mol. The Morgan fingerprint density at radius 1 is 1.67 bits per heavy atom. The van der Waals surface area contributed by atoms with Crippen molar-refractivity contribution < 1.29 is 4.79 Å². The molecule has 0 saturated carbocycles. The molecule has 0 saturated heterocycles. The highest BCUT2D eigenvalue weighted by molar-refractivity contribution is 5.93. The molecule has 0 bridgehead atoms. The fourth-order valence-corrected chi connectivity index (χ4v) is 0.848. The summed E-state index contributed by atoms with van der Waals surface area (Å²) in [7, 11) is 1.57. The smallest absolute Gasteiger partial charge is 0.270 e. The number of nitrogens with one attached hydrogen (secondary N) is 1. The van der Waals surface area contributed by atoms with Gasteiger partial charge in [0.15, 0.2) is 0 Å². The summed E-state index contributed by atoms with van der Waals surface area (Å²) in [5, 5.41) is 0. The van der Waals surface area contributed by atoms with Crippen LogP contribution in [0.2, 0.25) is 0 Å². The molecule has 0 unspecified atom stereocenters. The van der Waals surface area contributed by atoms with Gasteiger partial charge >= 0.3 is 0 Å². The van der Waals surface area contributed by atoms with Crippen LogP contribution >= 0.6 is 0 Å². The van der Waals surface area contributed by atoms with Crippen molar-refractivity contribution >= 4 is 5.91 Å². The van der Waals surface area contributed by atoms with Gasteiger partial charge in [-0.3, -0.25) is 15.0 Å². The second kappa shape index (κ2) is 3.19. The lowest BCUT2D eigenvalue weighted by Gasteiger charge is -2.00. The number of carbonyl (C=O) groups excluding carboxylic acids is 1. The molecule has 64 valence electrons. The van der Waals surface area contributed by atoms with E-state index < -0.39 is 5.91 Å². The van der Waals surface area contributed by atoms with E-state index in [0.29, 0.717) is 0 Å². The Labute approximate surface area is 68.8 Å². The normalized spacial score (nSPS) is 9.50. The van der Waals surface area contributed by atoms with Crippen LogP contribution in [0.1, 0.15) is 10.4 Å². The van der Waals surface area contributed by atoms with E-state index in [2.05, 4.69) is 0 Å². The van der Waals surface area contributed by atoms with Crippen LogP contribution in [0.5, 0.6) is 0 Å². The number of hydrogen-bond acceptors (Lipinski definition) is 3. The number of rotatable bonds is 1. The molecule has 0 aliphatic heterocycles. The van der Waals surface area contributed by atoms with Crippen LogP contribution in [0, 0.1) is 0 Å². The topological polar surface area (TPSA) is 77.1 Å². The Balaban J connectivity index is 3.26. The Morgan fingerprint density at radius 2 is 2.33 bits per heavy atom. The number of hydrazine groups is 1. The van der Waals surface area contributed by atoms with Gasteiger partial charge in [0.2, 0.25) is 0 Å². The zero-order valence-electron chi connectivity index (χ0n) is 6.57. The minimum absolute atomic E-state index is 0.0440. The van der Waals surface area contributed by atoms with E-state index in [4.69, 9.17) is 5.84 Å². The Kier molecular flexibility index (Phi) is 2.25. The summed E-state index contributed by atoms with van der Waals surface area (Å²) in [6.45, 7) is 0. The highest BCUT2D eigenvalue weighted by Crippen LogP contribution is 1.88. The Morgan fingerprint density at radius 3 is 2.92 bits per heavy atom. The second-order valence-electron chi connectivity index (χ2n) is 2.31. The van der Waals surface area contributed by atoms with E-state index in [1.165, 1.54) is 10.6 Å². The third-order valence-electron chi connectivity index (χ3n) is 1.50. The molecule has 1 aromatic rings. The van der Waals surface area contributed by atoms with Gasteiger partial charge < -0.3 is 4.57 Å². The van der Waals surface area contributed by atoms with Crippen molar-refractivity contribution in [3.63, 3.8) is 0 Å². The number of aryl methyl sites for hydroxylation is 1. The van der Waals surface area contributed by atoms with Crippen LogP contribution < -0.4 is 16.8 Å². The molecule has 1 heterocycles. The molecule has 0 aliphatic rings. The highest BCUT2D eigenvalue weighted by Gasteiger charge is 2.07. The summed E-state index contributed by atoms with van der Waals surface area (Å²) in [6.07, 6.45) is 1.57. The average Bonchev–Trinajstić information content (AvgIpc) is 2.08. The standard InChI is InChI=1S/C7H9N3O2/c1-10-4-2-3-5(7(10)12)6(11)9-8/h2-4H,8H2,1H3,(H,9,11). The molecule has 0 aromatic carbocycles. The largest absolute Gasteiger partial charge is 0.318 e. The van der Waals surface area contributed by atoms with Crippen molar-refractivity contribution in [3.8, 4) is 0 Å². The van der Waals surface area contributed by atoms with Crippen molar-refractivity contribution in [1.82, 2.24) is 9.99 Å². The lowest BCUT2D eigenvalue weighted by Crippen LogP contribution is -2.35. The maximum atomic E-state index is 11.2. The van der Waals surface area contributed by atoms with Gasteiger partial charge in [0.1, 0.15) is 5.56 Å². The zero-order chi connectivity index (χ0) is 9.14. The van der Waals surface area contributed by atoms with E-state index in [-0.39, 0.29) is 11.1 Å². The van der Waals surface area contributed by atoms with Crippen LogP contribution in [0.4, 0.5) is 0 Å².